The molecule has 1 aromatic rings. The Labute approximate surface area is 152 Å². The number of likely N-dealkylation sites (N-methyl/N-ethyl adjacent to an activating group) is 1. The molecule has 25 heavy (non-hydrogen) atoms. The Morgan fingerprint density at radius 1 is 1.20 bits per heavy atom. The number of benzene rings is 1. The molecule has 0 aromatic heterocycles. The number of carbonyl (C=O) groups excluding carboxylic acids is 1. The van der Waals surface area contributed by atoms with Crippen LogP contribution in [0.1, 0.15) is 57.4 Å². The molecule has 0 radical (unpaired) electrons. The van der Waals surface area contributed by atoms with Crippen molar-refractivity contribution in [2.75, 3.05) is 26.7 Å². The van der Waals surface area contributed by atoms with Gasteiger partial charge in [-0.2, -0.15) is 0 Å². The lowest BCUT2D eigenvalue weighted by Crippen LogP contribution is -2.42. The van der Waals surface area contributed by atoms with Crippen LogP contribution in [-0.4, -0.2) is 49.7 Å². The normalized spacial score (nSPS) is 20.8. The average molecular weight is 347 g/mol. The molecule has 1 aromatic carbocycles. The van der Waals surface area contributed by atoms with Crippen LogP contribution in [0.3, 0.4) is 0 Å². The second kappa shape index (κ2) is 10.6. The molecule has 0 heterocycles. The second-order valence-corrected chi connectivity index (χ2v) is 7.45. The molecule has 4 heteroatoms. The van der Waals surface area contributed by atoms with Crippen molar-refractivity contribution in [2.45, 2.75) is 64.0 Å². The van der Waals surface area contributed by atoms with Crippen LogP contribution >= 0.6 is 0 Å². The Morgan fingerprint density at radius 2 is 1.88 bits per heavy atom. The van der Waals surface area contributed by atoms with E-state index in [0.717, 1.165) is 6.42 Å². The van der Waals surface area contributed by atoms with Crippen molar-refractivity contribution in [3.8, 4) is 0 Å². The van der Waals surface area contributed by atoms with Crippen LogP contribution in [-0.2, 0) is 9.53 Å². The number of hydrogen-bond acceptors (Lipinski definition) is 3. The van der Waals surface area contributed by atoms with Gasteiger partial charge in [0.2, 0.25) is 5.91 Å². The van der Waals surface area contributed by atoms with E-state index in [1.165, 1.54) is 31.2 Å². The van der Waals surface area contributed by atoms with Crippen LogP contribution in [0.5, 0.6) is 0 Å². The molecule has 1 saturated carbocycles. The Hall–Kier alpha value is -1.39. The summed E-state index contributed by atoms with van der Waals surface area (Å²) in [5, 5.41) is 3.00. The highest BCUT2D eigenvalue weighted by Gasteiger charge is 2.25. The van der Waals surface area contributed by atoms with Gasteiger partial charge in [0.15, 0.2) is 0 Å². The summed E-state index contributed by atoms with van der Waals surface area (Å²) in [6.07, 6.45) is 5.90. The maximum Gasteiger partial charge on any atom is 0.234 e. The summed E-state index contributed by atoms with van der Waals surface area (Å²) in [5.41, 5.74) is 1.46. The molecule has 1 N–H and O–H groups in total. The van der Waals surface area contributed by atoms with E-state index in [2.05, 4.69) is 47.6 Å². The summed E-state index contributed by atoms with van der Waals surface area (Å²) in [6.45, 7) is 5.95. The van der Waals surface area contributed by atoms with Crippen LogP contribution < -0.4 is 5.32 Å². The molecule has 4 nitrogen and oxygen atoms in total. The molecule has 0 unspecified atom stereocenters. The van der Waals surface area contributed by atoms with Crippen LogP contribution in [0.2, 0.25) is 0 Å². The van der Waals surface area contributed by atoms with Crippen molar-refractivity contribution in [3.05, 3.63) is 35.9 Å². The molecule has 0 aliphatic heterocycles. The minimum atomic E-state index is 0.122. The molecule has 1 aliphatic rings. The summed E-state index contributed by atoms with van der Waals surface area (Å²) < 4.78 is 5.48. The van der Waals surface area contributed by atoms with Gasteiger partial charge in [-0.25, -0.2) is 0 Å². The van der Waals surface area contributed by atoms with E-state index in [0.29, 0.717) is 31.7 Å². The molecule has 1 aliphatic carbocycles. The summed E-state index contributed by atoms with van der Waals surface area (Å²) in [4.78, 5) is 14.3. The van der Waals surface area contributed by atoms with Crippen molar-refractivity contribution in [1.82, 2.24) is 10.2 Å². The molecule has 0 atom stereocenters. The molecule has 1 amide bonds. The lowest BCUT2D eigenvalue weighted by molar-refractivity contribution is -0.122. The van der Waals surface area contributed by atoms with Gasteiger partial charge in [-0.1, -0.05) is 30.3 Å². The number of nitrogens with one attached hydrogen (secondary N) is 1. The fraction of sp³-hybridized carbons (Fsp3) is 0.667. The number of amides is 1. The topological polar surface area (TPSA) is 41.6 Å². The lowest BCUT2D eigenvalue weighted by Gasteiger charge is -2.34. The van der Waals surface area contributed by atoms with E-state index in [9.17, 15) is 4.79 Å². The highest BCUT2D eigenvalue weighted by Crippen LogP contribution is 2.34. The van der Waals surface area contributed by atoms with Crippen molar-refractivity contribution in [2.24, 2.45) is 0 Å². The third kappa shape index (κ3) is 7.17. The quantitative estimate of drug-likeness (QED) is 0.695. The predicted octanol–water partition coefficient (Wildman–Crippen LogP) is 3.58. The van der Waals surface area contributed by atoms with Crippen molar-refractivity contribution in [3.63, 3.8) is 0 Å². The fourth-order valence-corrected chi connectivity index (χ4v) is 3.61. The average Bonchev–Trinajstić information content (AvgIpc) is 2.62. The van der Waals surface area contributed by atoms with Gasteiger partial charge in [-0.05, 0) is 64.5 Å². The largest absolute Gasteiger partial charge is 0.379 e. The Balaban J connectivity index is 1.63. The highest BCUT2D eigenvalue weighted by molar-refractivity contribution is 5.77. The van der Waals surface area contributed by atoms with E-state index in [4.69, 9.17) is 4.74 Å². The zero-order chi connectivity index (χ0) is 18.1. The number of rotatable bonds is 9. The molecular formula is C21H34N2O2. The number of ether oxygens (including phenoxy) is 1. The minimum absolute atomic E-state index is 0.122. The summed E-state index contributed by atoms with van der Waals surface area (Å²) in [7, 11) is 2.08. The molecule has 0 bridgehead atoms. The number of carbonyl (C=O) groups is 1. The zero-order valence-corrected chi connectivity index (χ0v) is 16.0. The maximum atomic E-state index is 12.1. The number of nitrogens with zero attached hydrogens (tertiary/aromatic N) is 1. The Bertz CT molecular complexity index is 496. The first-order valence-electron chi connectivity index (χ1n) is 9.69. The van der Waals surface area contributed by atoms with Crippen LogP contribution in [0.25, 0.3) is 0 Å². The standard InChI is InChI=1S/C21H34N2O2/c1-17(2)25-15-7-14-22-21(24)16-23(3)20-12-10-19(11-13-20)18-8-5-4-6-9-18/h4-6,8-9,17,19-20H,7,10-16H2,1-3H3,(H,22,24). The smallest absolute Gasteiger partial charge is 0.234 e. The van der Waals surface area contributed by atoms with Gasteiger partial charge >= 0.3 is 0 Å². The van der Waals surface area contributed by atoms with Gasteiger partial charge in [0, 0.05) is 19.2 Å². The van der Waals surface area contributed by atoms with Gasteiger partial charge < -0.3 is 10.1 Å². The highest BCUT2D eigenvalue weighted by atomic mass is 16.5. The summed E-state index contributed by atoms with van der Waals surface area (Å²) in [5.74, 6) is 0.804. The Morgan fingerprint density at radius 3 is 2.52 bits per heavy atom. The van der Waals surface area contributed by atoms with Crippen LogP contribution in [0.4, 0.5) is 0 Å². The van der Waals surface area contributed by atoms with Crippen LogP contribution in [0, 0.1) is 0 Å². The SMILES string of the molecule is CC(C)OCCCNC(=O)CN(C)C1CCC(c2ccccc2)CC1. The molecule has 140 valence electrons. The van der Waals surface area contributed by atoms with Crippen LogP contribution in [0.15, 0.2) is 30.3 Å². The number of hydrogen-bond donors (Lipinski definition) is 1. The second-order valence-electron chi connectivity index (χ2n) is 7.45. The summed E-state index contributed by atoms with van der Waals surface area (Å²) in [6, 6.07) is 11.3. The Kier molecular flexibility index (Phi) is 8.42. The van der Waals surface area contributed by atoms with Crippen molar-refractivity contribution < 1.29 is 9.53 Å². The molecule has 0 spiro atoms. The van der Waals surface area contributed by atoms with Crippen molar-refractivity contribution >= 4 is 5.91 Å². The van der Waals surface area contributed by atoms with Gasteiger partial charge in [0.25, 0.3) is 0 Å². The summed E-state index contributed by atoms with van der Waals surface area (Å²) >= 11 is 0. The van der Waals surface area contributed by atoms with Gasteiger partial charge in [-0.15, -0.1) is 0 Å². The van der Waals surface area contributed by atoms with Gasteiger partial charge in [0.05, 0.1) is 12.6 Å². The fourth-order valence-electron chi connectivity index (χ4n) is 3.61. The minimum Gasteiger partial charge on any atom is -0.379 e. The van der Waals surface area contributed by atoms with Gasteiger partial charge in [0.1, 0.15) is 0 Å². The predicted molar refractivity (Wildman–Crippen MR) is 103 cm³/mol. The third-order valence-corrected chi connectivity index (χ3v) is 5.08. The molecule has 1 fully saturated rings. The van der Waals surface area contributed by atoms with E-state index in [1.54, 1.807) is 0 Å². The van der Waals surface area contributed by atoms with E-state index in [1.807, 2.05) is 13.8 Å². The van der Waals surface area contributed by atoms with Gasteiger partial charge in [-0.3, -0.25) is 9.69 Å². The first-order valence-corrected chi connectivity index (χ1v) is 9.69. The lowest BCUT2D eigenvalue weighted by atomic mass is 9.81. The van der Waals surface area contributed by atoms with Crippen molar-refractivity contribution in [1.29, 1.82) is 0 Å². The maximum absolute atomic E-state index is 12.1. The first-order chi connectivity index (χ1) is 12.1. The third-order valence-electron chi connectivity index (χ3n) is 5.08. The first kappa shape index (κ1) is 19.9. The van der Waals surface area contributed by atoms with E-state index in [-0.39, 0.29) is 12.0 Å². The van der Waals surface area contributed by atoms with E-state index >= 15 is 0 Å². The molecular weight excluding hydrogens is 312 g/mol. The van der Waals surface area contributed by atoms with E-state index < -0.39 is 0 Å². The molecule has 2 rings (SSSR count). The monoisotopic (exact) mass is 346 g/mol. The molecule has 0 saturated heterocycles. The zero-order valence-electron chi connectivity index (χ0n) is 16.0.